The molecular weight excluding hydrogens is 396 g/mol. The van der Waals surface area contributed by atoms with Crippen molar-refractivity contribution in [3.05, 3.63) is 34.8 Å². The number of carbonyl (C=O) groups excluding carboxylic acids is 3. The Kier molecular flexibility index (Phi) is 5.92. The molecule has 8 nitrogen and oxygen atoms in total. The number of carboxylic acids is 1. The summed E-state index contributed by atoms with van der Waals surface area (Å²) in [4.78, 5) is 39.2. The summed E-state index contributed by atoms with van der Waals surface area (Å²) in [6.07, 6.45) is 1.55. The molecule has 0 fully saturated rings. The van der Waals surface area contributed by atoms with Crippen molar-refractivity contribution in [1.82, 2.24) is 4.90 Å². The van der Waals surface area contributed by atoms with Gasteiger partial charge in [0.05, 0.1) is 17.6 Å². The highest BCUT2D eigenvalue weighted by atomic mass is 79.9. The minimum atomic E-state index is -1.37. The second-order valence-electron chi connectivity index (χ2n) is 4.99. The van der Waals surface area contributed by atoms with Crippen LogP contribution in [0, 0.1) is 0 Å². The van der Waals surface area contributed by atoms with Gasteiger partial charge in [-0.3, -0.25) is 9.69 Å². The fourth-order valence-electron chi connectivity index (χ4n) is 2.21. The van der Waals surface area contributed by atoms with E-state index in [1.54, 1.807) is 12.1 Å². The lowest BCUT2D eigenvalue weighted by Crippen LogP contribution is -2.33. The Morgan fingerprint density at radius 3 is 2.76 bits per heavy atom. The van der Waals surface area contributed by atoms with Crippen molar-refractivity contribution >= 4 is 39.5 Å². The molecule has 9 heteroatoms. The summed E-state index contributed by atoms with van der Waals surface area (Å²) >= 11 is 3.27. The number of rotatable bonds is 8. The largest absolute Gasteiger partial charge is 0.546 e. The lowest BCUT2D eigenvalue weighted by atomic mass is 10.1. The average molecular weight is 410 g/mol. The van der Waals surface area contributed by atoms with Gasteiger partial charge in [0, 0.05) is 13.0 Å². The first kappa shape index (κ1) is 18.7. The van der Waals surface area contributed by atoms with E-state index in [0.717, 1.165) is 4.90 Å². The number of benzene rings is 1. The molecule has 25 heavy (non-hydrogen) atoms. The minimum Gasteiger partial charge on any atom is -0.546 e. The van der Waals surface area contributed by atoms with Gasteiger partial charge in [0.15, 0.2) is 11.5 Å². The zero-order valence-electron chi connectivity index (χ0n) is 13.3. The van der Waals surface area contributed by atoms with Gasteiger partial charge in [0.25, 0.3) is 5.91 Å². The maximum Gasteiger partial charge on any atom is 0.351 e. The summed E-state index contributed by atoms with van der Waals surface area (Å²) in [5, 5.41) is 10.5. The first-order valence-electron chi connectivity index (χ1n) is 7.10. The van der Waals surface area contributed by atoms with Crippen LogP contribution in [0.3, 0.4) is 0 Å². The van der Waals surface area contributed by atoms with Gasteiger partial charge in [0.2, 0.25) is 0 Å². The van der Waals surface area contributed by atoms with Crippen LogP contribution in [-0.4, -0.2) is 48.8 Å². The molecule has 1 aromatic rings. The number of imide groups is 1. The number of ether oxygens (including phenoxy) is 2. The number of hydrogen-bond acceptors (Lipinski definition) is 6. The molecule has 0 atom stereocenters. The second-order valence-corrected chi connectivity index (χ2v) is 5.85. The van der Waals surface area contributed by atoms with E-state index in [4.69, 9.17) is 9.47 Å². The van der Waals surface area contributed by atoms with Crippen LogP contribution in [0.1, 0.15) is 5.56 Å². The molecule has 0 saturated carbocycles. The van der Waals surface area contributed by atoms with Crippen LogP contribution in [0.15, 0.2) is 34.3 Å². The predicted molar refractivity (Wildman–Crippen MR) is 89.6 cm³/mol. The third-order valence-electron chi connectivity index (χ3n) is 3.26. The standard InChI is InChI=1S/C16H15BrN2O6/c1-3-4-19-15(22)11(18-16(19)23)6-9-5-10(17)14(12(7-9)24-2)25-8-13(20)21/h3,5,7H,1,4,6,8H2,2H3,(H,20,21)/p-1. The quantitative estimate of drug-likeness (QED) is 0.585. The molecule has 1 aliphatic rings. The average Bonchev–Trinajstić information content (AvgIpc) is 2.81. The molecule has 0 unspecified atom stereocenters. The second kappa shape index (κ2) is 7.93. The topological polar surface area (TPSA) is 108 Å². The van der Waals surface area contributed by atoms with Gasteiger partial charge < -0.3 is 19.4 Å². The minimum absolute atomic E-state index is 0.0910. The van der Waals surface area contributed by atoms with Crippen molar-refractivity contribution in [1.29, 1.82) is 0 Å². The van der Waals surface area contributed by atoms with E-state index < -0.39 is 24.5 Å². The SMILES string of the molecule is C=CCN1C(=O)N=C(Cc2cc(Br)c(OCC(=O)[O-])c(OC)c2)C1=O. The molecule has 3 amide bonds. The van der Waals surface area contributed by atoms with Gasteiger partial charge in [-0.15, -0.1) is 6.58 Å². The van der Waals surface area contributed by atoms with Gasteiger partial charge in [0.1, 0.15) is 12.3 Å². The van der Waals surface area contributed by atoms with Crippen LogP contribution in [0.4, 0.5) is 4.79 Å². The van der Waals surface area contributed by atoms with Crippen LogP contribution in [0.25, 0.3) is 0 Å². The molecule has 1 heterocycles. The number of hydrogen-bond donors (Lipinski definition) is 0. The molecule has 2 rings (SSSR count). The van der Waals surface area contributed by atoms with E-state index in [1.807, 2.05) is 0 Å². The van der Waals surface area contributed by atoms with Crippen molar-refractivity contribution in [3.63, 3.8) is 0 Å². The highest BCUT2D eigenvalue weighted by Crippen LogP contribution is 2.37. The van der Waals surface area contributed by atoms with E-state index in [-0.39, 0.29) is 30.2 Å². The molecule has 0 aromatic heterocycles. The molecule has 132 valence electrons. The summed E-state index contributed by atoms with van der Waals surface area (Å²) in [6.45, 7) is 2.95. The van der Waals surface area contributed by atoms with Crippen LogP contribution in [0.2, 0.25) is 0 Å². The number of halogens is 1. The number of urea groups is 1. The first-order chi connectivity index (χ1) is 11.9. The predicted octanol–water partition coefficient (Wildman–Crippen LogP) is 0.718. The zero-order valence-corrected chi connectivity index (χ0v) is 14.9. The molecule has 0 saturated heterocycles. The fourth-order valence-corrected chi connectivity index (χ4v) is 2.82. The van der Waals surface area contributed by atoms with Crippen LogP contribution in [-0.2, 0) is 16.0 Å². The number of aliphatic carboxylic acids is 1. The lowest BCUT2D eigenvalue weighted by Gasteiger charge is -2.15. The monoisotopic (exact) mass is 409 g/mol. The third-order valence-corrected chi connectivity index (χ3v) is 3.85. The van der Waals surface area contributed by atoms with Crippen molar-refractivity contribution in [2.24, 2.45) is 4.99 Å². The van der Waals surface area contributed by atoms with Crippen molar-refractivity contribution in [3.8, 4) is 11.5 Å². The normalized spacial score (nSPS) is 13.7. The Balaban J connectivity index is 2.23. The van der Waals surface area contributed by atoms with E-state index in [0.29, 0.717) is 10.0 Å². The number of nitrogens with zero attached hydrogens (tertiary/aromatic N) is 2. The summed E-state index contributed by atoms with van der Waals surface area (Å²) in [5.74, 6) is -1.38. The van der Waals surface area contributed by atoms with Crippen LogP contribution >= 0.6 is 15.9 Å². The smallest absolute Gasteiger partial charge is 0.351 e. The number of amides is 3. The summed E-state index contributed by atoms with van der Waals surface area (Å²) in [5.41, 5.74) is 0.731. The van der Waals surface area contributed by atoms with Crippen LogP contribution < -0.4 is 14.6 Å². The molecule has 1 aromatic carbocycles. The molecule has 1 aliphatic heterocycles. The first-order valence-corrected chi connectivity index (χ1v) is 7.90. The Morgan fingerprint density at radius 2 is 2.16 bits per heavy atom. The maximum atomic E-state index is 12.2. The van der Waals surface area contributed by atoms with Gasteiger partial charge >= 0.3 is 6.03 Å². The summed E-state index contributed by atoms with van der Waals surface area (Å²) < 4.78 is 10.7. The van der Waals surface area contributed by atoms with Gasteiger partial charge in [-0.2, -0.15) is 4.99 Å². The number of carboxylic acid groups (broad SMARTS) is 1. The van der Waals surface area contributed by atoms with E-state index in [2.05, 4.69) is 27.5 Å². The molecular formula is C16H14BrN2O6-. The fraction of sp³-hybridized carbons (Fsp3) is 0.250. The highest BCUT2D eigenvalue weighted by Gasteiger charge is 2.32. The summed E-state index contributed by atoms with van der Waals surface area (Å²) in [6, 6.07) is 2.58. The van der Waals surface area contributed by atoms with Crippen molar-refractivity contribution in [2.75, 3.05) is 20.3 Å². The zero-order chi connectivity index (χ0) is 18.6. The molecule has 0 N–H and O–H groups in total. The Hall–Kier alpha value is -2.68. The van der Waals surface area contributed by atoms with E-state index in [1.165, 1.54) is 13.2 Å². The Morgan fingerprint density at radius 1 is 1.44 bits per heavy atom. The van der Waals surface area contributed by atoms with E-state index in [9.17, 15) is 19.5 Å². The van der Waals surface area contributed by atoms with Gasteiger partial charge in [-0.1, -0.05) is 6.08 Å². The van der Waals surface area contributed by atoms with Gasteiger partial charge in [-0.25, -0.2) is 4.79 Å². The van der Waals surface area contributed by atoms with Gasteiger partial charge in [-0.05, 0) is 33.6 Å². The number of methoxy groups -OCH3 is 1. The van der Waals surface area contributed by atoms with E-state index >= 15 is 0 Å². The number of carbonyl (C=O) groups is 3. The maximum absolute atomic E-state index is 12.2. The van der Waals surface area contributed by atoms with Crippen molar-refractivity contribution in [2.45, 2.75) is 6.42 Å². The summed E-state index contributed by atoms with van der Waals surface area (Å²) in [7, 11) is 1.39. The molecule has 0 aliphatic carbocycles. The Bertz CT molecular complexity index is 774. The molecule has 0 bridgehead atoms. The van der Waals surface area contributed by atoms with Crippen molar-refractivity contribution < 1.29 is 29.0 Å². The Labute approximate surface area is 151 Å². The highest BCUT2D eigenvalue weighted by molar-refractivity contribution is 9.10. The van der Waals surface area contributed by atoms with Crippen LogP contribution in [0.5, 0.6) is 11.5 Å². The third kappa shape index (κ3) is 4.24. The lowest BCUT2D eigenvalue weighted by molar-refractivity contribution is -0.307. The molecule has 0 radical (unpaired) electrons. The molecule has 0 spiro atoms. The number of aliphatic imine (C=N–C) groups is 1.